The first-order chi connectivity index (χ1) is 14.0. The summed E-state index contributed by atoms with van der Waals surface area (Å²) in [6, 6.07) is 5.43. The molecule has 2 heterocycles. The van der Waals surface area contributed by atoms with Crippen LogP contribution in [0.1, 0.15) is 23.8 Å². The number of fused-ring (bicyclic) bond motifs is 1. The van der Waals surface area contributed by atoms with Crippen molar-refractivity contribution in [2.24, 2.45) is 0 Å². The number of rotatable bonds is 9. The summed E-state index contributed by atoms with van der Waals surface area (Å²) in [6.45, 7) is 4.01. The molecule has 1 amide bonds. The van der Waals surface area contributed by atoms with E-state index in [2.05, 4.69) is 10.00 Å². The standard InChI is InChI=1S/C20H27N5O3S.ClH/c1-6-25-14(10-11-21-25)19(26)24(13-7-12-23(2)3)20-22-17-15(27-4)8-9-16(28-5)18(17)29-20;/h8-11H,6-7,12-13H2,1-5H3;1H. The number of methoxy groups -OCH3 is 2. The van der Waals surface area contributed by atoms with Crippen LogP contribution in [0.3, 0.4) is 0 Å². The molecule has 8 nitrogen and oxygen atoms in total. The summed E-state index contributed by atoms with van der Waals surface area (Å²) in [4.78, 5) is 22.0. The van der Waals surface area contributed by atoms with Gasteiger partial charge in [0.15, 0.2) is 5.13 Å². The highest BCUT2D eigenvalue weighted by Gasteiger charge is 2.25. The average molecular weight is 454 g/mol. The van der Waals surface area contributed by atoms with Crippen LogP contribution in [0.25, 0.3) is 10.2 Å². The van der Waals surface area contributed by atoms with Gasteiger partial charge in [-0.25, -0.2) is 4.98 Å². The smallest absolute Gasteiger partial charge is 0.278 e. The van der Waals surface area contributed by atoms with Crippen molar-refractivity contribution in [2.45, 2.75) is 19.9 Å². The van der Waals surface area contributed by atoms with Crippen molar-refractivity contribution in [3.63, 3.8) is 0 Å². The first-order valence-corrected chi connectivity index (χ1v) is 10.3. The lowest BCUT2D eigenvalue weighted by Gasteiger charge is -2.21. The van der Waals surface area contributed by atoms with Crippen molar-refractivity contribution < 1.29 is 14.3 Å². The van der Waals surface area contributed by atoms with Crippen LogP contribution in [0.4, 0.5) is 5.13 Å². The molecule has 0 aliphatic heterocycles. The van der Waals surface area contributed by atoms with E-state index in [4.69, 9.17) is 14.5 Å². The zero-order chi connectivity index (χ0) is 21.0. The van der Waals surface area contributed by atoms with Gasteiger partial charge in [0.2, 0.25) is 0 Å². The Morgan fingerprint density at radius 2 is 1.83 bits per heavy atom. The number of ether oxygens (including phenoxy) is 2. The molecule has 3 rings (SSSR count). The normalized spacial score (nSPS) is 10.9. The Labute approximate surface area is 186 Å². The molecule has 0 saturated carbocycles. The van der Waals surface area contributed by atoms with E-state index >= 15 is 0 Å². The highest BCUT2D eigenvalue weighted by Crippen LogP contribution is 2.40. The van der Waals surface area contributed by atoms with Crippen molar-refractivity contribution in [2.75, 3.05) is 46.3 Å². The van der Waals surface area contributed by atoms with Gasteiger partial charge in [-0.3, -0.25) is 14.4 Å². The van der Waals surface area contributed by atoms with Crippen molar-refractivity contribution in [3.05, 3.63) is 30.1 Å². The summed E-state index contributed by atoms with van der Waals surface area (Å²) in [5.74, 6) is 1.26. The van der Waals surface area contributed by atoms with Gasteiger partial charge in [0.05, 0.1) is 14.2 Å². The maximum absolute atomic E-state index is 13.4. The Kier molecular flexibility index (Phi) is 8.45. The zero-order valence-corrected chi connectivity index (χ0v) is 19.5. The number of carbonyl (C=O) groups is 1. The lowest BCUT2D eigenvalue weighted by molar-refractivity contribution is 0.0975. The number of anilines is 1. The van der Waals surface area contributed by atoms with Crippen LogP contribution in [0, 0.1) is 0 Å². The largest absolute Gasteiger partial charge is 0.495 e. The minimum atomic E-state index is -0.111. The van der Waals surface area contributed by atoms with Crippen LogP contribution in [0.5, 0.6) is 11.5 Å². The molecular weight excluding hydrogens is 426 g/mol. The molecule has 0 fully saturated rings. The molecule has 0 aliphatic rings. The fourth-order valence-electron chi connectivity index (χ4n) is 3.12. The van der Waals surface area contributed by atoms with Crippen LogP contribution in [-0.4, -0.2) is 67.0 Å². The van der Waals surface area contributed by atoms with E-state index in [1.165, 1.54) is 11.3 Å². The molecule has 0 saturated heterocycles. The molecule has 164 valence electrons. The van der Waals surface area contributed by atoms with Gasteiger partial charge in [-0.1, -0.05) is 11.3 Å². The Bertz CT molecular complexity index is 947. The molecule has 0 unspecified atom stereocenters. The lowest BCUT2D eigenvalue weighted by Crippen LogP contribution is -2.34. The van der Waals surface area contributed by atoms with Crippen molar-refractivity contribution in [1.82, 2.24) is 19.7 Å². The van der Waals surface area contributed by atoms with Gasteiger partial charge >= 0.3 is 0 Å². The molecule has 2 aromatic heterocycles. The second-order valence-corrected chi connectivity index (χ2v) is 7.77. The Morgan fingerprint density at radius 1 is 1.13 bits per heavy atom. The third kappa shape index (κ3) is 4.85. The van der Waals surface area contributed by atoms with Crippen molar-refractivity contribution in [3.8, 4) is 11.5 Å². The number of aromatic nitrogens is 3. The van der Waals surface area contributed by atoms with Crippen LogP contribution < -0.4 is 14.4 Å². The van der Waals surface area contributed by atoms with Crippen LogP contribution in [0.15, 0.2) is 24.4 Å². The lowest BCUT2D eigenvalue weighted by atomic mass is 10.3. The highest BCUT2D eigenvalue weighted by atomic mass is 35.5. The molecule has 0 bridgehead atoms. The van der Waals surface area contributed by atoms with Crippen molar-refractivity contribution in [1.29, 1.82) is 0 Å². The average Bonchev–Trinajstić information content (AvgIpc) is 3.36. The molecule has 0 atom stereocenters. The van der Waals surface area contributed by atoms with E-state index in [1.54, 1.807) is 36.1 Å². The van der Waals surface area contributed by atoms with E-state index in [0.29, 0.717) is 40.9 Å². The van der Waals surface area contributed by atoms with E-state index in [-0.39, 0.29) is 18.3 Å². The number of halogens is 1. The number of carbonyl (C=O) groups excluding carboxylic acids is 1. The molecule has 0 N–H and O–H groups in total. The van der Waals surface area contributed by atoms with Crippen molar-refractivity contribution >= 4 is 45.0 Å². The fraction of sp³-hybridized carbons (Fsp3) is 0.450. The van der Waals surface area contributed by atoms with Crippen LogP contribution in [-0.2, 0) is 6.54 Å². The van der Waals surface area contributed by atoms with Crippen LogP contribution >= 0.6 is 23.7 Å². The number of nitrogens with zero attached hydrogens (tertiary/aromatic N) is 5. The van der Waals surface area contributed by atoms with E-state index in [0.717, 1.165) is 17.7 Å². The molecule has 1 aromatic carbocycles. The highest BCUT2D eigenvalue weighted by molar-refractivity contribution is 7.22. The molecule has 10 heteroatoms. The Balaban J connectivity index is 0.00000320. The van der Waals surface area contributed by atoms with Gasteiger partial charge in [0.25, 0.3) is 5.91 Å². The van der Waals surface area contributed by atoms with Crippen LogP contribution in [0.2, 0.25) is 0 Å². The predicted molar refractivity (Wildman–Crippen MR) is 123 cm³/mol. The van der Waals surface area contributed by atoms with Gasteiger partial charge in [0, 0.05) is 19.3 Å². The second kappa shape index (κ2) is 10.6. The molecular formula is C20H28ClN5O3S. The maximum Gasteiger partial charge on any atom is 0.278 e. The molecule has 0 spiro atoms. The van der Waals surface area contributed by atoms with Gasteiger partial charge in [-0.15, -0.1) is 12.4 Å². The van der Waals surface area contributed by atoms with E-state index in [1.807, 2.05) is 33.2 Å². The summed E-state index contributed by atoms with van der Waals surface area (Å²) in [5, 5.41) is 4.86. The molecule has 0 radical (unpaired) electrons. The summed E-state index contributed by atoms with van der Waals surface area (Å²) in [6.07, 6.45) is 2.47. The quantitative estimate of drug-likeness (QED) is 0.493. The number of benzene rings is 1. The zero-order valence-electron chi connectivity index (χ0n) is 17.9. The van der Waals surface area contributed by atoms with E-state index in [9.17, 15) is 4.79 Å². The number of hydrogen-bond acceptors (Lipinski definition) is 7. The summed E-state index contributed by atoms with van der Waals surface area (Å²) < 4.78 is 13.5. The summed E-state index contributed by atoms with van der Waals surface area (Å²) >= 11 is 1.43. The number of thiazole rings is 1. The molecule has 3 aromatic rings. The van der Waals surface area contributed by atoms with Gasteiger partial charge < -0.3 is 14.4 Å². The monoisotopic (exact) mass is 453 g/mol. The third-order valence-corrected chi connectivity index (χ3v) is 5.69. The van der Waals surface area contributed by atoms with E-state index < -0.39 is 0 Å². The minimum absolute atomic E-state index is 0. The predicted octanol–water partition coefficient (Wildman–Crippen LogP) is 3.55. The second-order valence-electron chi connectivity index (χ2n) is 6.79. The van der Waals surface area contributed by atoms with Gasteiger partial charge in [-0.05, 0) is 52.2 Å². The third-order valence-electron chi connectivity index (χ3n) is 4.60. The number of hydrogen-bond donors (Lipinski definition) is 0. The first-order valence-electron chi connectivity index (χ1n) is 9.50. The molecule has 30 heavy (non-hydrogen) atoms. The topological polar surface area (TPSA) is 72.7 Å². The Morgan fingerprint density at radius 3 is 2.47 bits per heavy atom. The minimum Gasteiger partial charge on any atom is -0.495 e. The Hall–Kier alpha value is -2.36. The molecule has 0 aliphatic carbocycles. The maximum atomic E-state index is 13.4. The fourth-order valence-corrected chi connectivity index (χ4v) is 4.22. The van der Waals surface area contributed by atoms with Gasteiger partial charge in [0.1, 0.15) is 27.4 Å². The first kappa shape index (κ1) is 23.9. The number of aryl methyl sites for hydroxylation is 1. The summed E-state index contributed by atoms with van der Waals surface area (Å²) in [5.41, 5.74) is 1.25. The SMILES string of the molecule is CCn1nccc1C(=O)N(CCCN(C)C)c1nc2c(OC)ccc(OC)c2s1.Cl. The van der Waals surface area contributed by atoms with Gasteiger partial charge in [-0.2, -0.15) is 5.10 Å². The number of amides is 1. The summed E-state index contributed by atoms with van der Waals surface area (Å²) in [7, 11) is 7.28.